The number of benzene rings is 6. The van der Waals surface area contributed by atoms with Crippen LogP contribution in [0.3, 0.4) is 0 Å². The van der Waals surface area contributed by atoms with Crippen molar-refractivity contribution in [2.45, 2.75) is 6.92 Å². The van der Waals surface area contributed by atoms with Crippen molar-refractivity contribution in [3.63, 3.8) is 0 Å². The maximum atomic E-state index is 6.08. The van der Waals surface area contributed by atoms with Crippen LogP contribution >= 0.6 is 0 Å². The normalized spacial score (nSPS) is 11.3. The van der Waals surface area contributed by atoms with Gasteiger partial charge in [-0.25, -0.2) is 9.97 Å². The Balaban J connectivity index is 1.23. The van der Waals surface area contributed by atoms with E-state index in [0.717, 1.165) is 55.6 Å². The minimum Gasteiger partial charge on any atom is -0.456 e. The molecule has 0 atom stereocenters. The molecule has 0 unspecified atom stereocenters. The standard InChI is InChI=1S/C41H28N2O/c1-27-33(19-11-20-34(27)31-22-23-40-36(25-31)35-18-8-9-21-39(35)44-40)30-16-10-17-32(24-30)41-42-37(28-12-4-2-5-13-28)26-38(43-41)29-14-6-3-7-15-29/h2-26H,1H3. The lowest BCUT2D eigenvalue weighted by Gasteiger charge is -2.14. The molecule has 3 heteroatoms. The van der Waals surface area contributed by atoms with E-state index in [9.17, 15) is 0 Å². The number of rotatable bonds is 5. The smallest absolute Gasteiger partial charge is 0.160 e. The van der Waals surface area contributed by atoms with Gasteiger partial charge < -0.3 is 4.42 Å². The number of furan rings is 1. The van der Waals surface area contributed by atoms with E-state index < -0.39 is 0 Å². The van der Waals surface area contributed by atoms with Crippen molar-refractivity contribution in [3.05, 3.63) is 157 Å². The van der Waals surface area contributed by atoms with Crippen molar-refractivity contribution in [2.24, 2.45) is 0 Å². The lowest BCUT2D eigenvalue weighted by molar-refractivity contribution is 0.669. The SMILES string of the molecule is Cc1c(-c2cccc(-c3nc(-c4ccccc4)cc(-c4ccccc4)n3)c2)cccc1-c1ccc2oc3ccccc3c2c1. The topological polar surface area (TPSA) is 38.9 Å². The molecule has 2 aromatic heterocycles. The van der Waals surface area contributed by atoms with Crippen LogP contribution in [0.15, 0.2) is 156 Å². The van der Waals surface area contributed by atoms with Crippen LogP contribution in [0.1, 0.15) is 5.56 Å². The fraction of sp³-hybridized carbons (Fsp3) is 0.0244. The minimum absolute atomic E-state index is 0.707. The second-order valence-corrected chi connectivity index (χ2v) is 11.1. The molecular formula is C41H28N2O. The Morgan fingerprint density at radius 3 is 1.66 bits per heavy atom. The molecule has 0 aliphatic rings. The van der Waals surface area contributed by atoms with Gasteiger partial charge in [0, 0.05) is 27.5 Å². The molecule has 0 saturated carbocycles. The molecule has 0 amide bonds. The molecule has 44 heavy (non-hydrogen) atoms. The first-order valence-corrected chi connectivity index (χ1v) is 14.8. The van der Waals surface area contributed by atoms with Crippen LogP contribution in [0.25, 0.3) is 78.1 Å². The van der Waals surface area contributed by atoms with Crippen LogP contribution in [0.2, 0.25) is 0 Å². The van der Waals surface area contributed by atoms with E-state index >= 15 is 0 Å². The van der Waals surface area contributed by atoms with Gasteiger partial charge in [0.1, 0.15) is 11.2 Å². The number of nitrogens with zero attached hydrogens (tertiary/aromatic N) is 2. The van der Waals surface area contributed by atoms with E-state index in [2.05, 4.69) is 110 Å². The van der Waals surface area contributed by atoms with Crippen molar-refractivity contribution in [1.82, 2.24) is 9.97 Å². The minimum atomic E-state index is 0.707. The van der Waals surface area contributed by atoms with Gasteiger partial charge in [0.25, 0.3) is 0 Å². The first kappa shape index (κ1) is 25.9. The van der Waals surface area contributed by atoms with E-state index in [1.165, 1.54) is 22.3 Å². The van der Waals surface area contributed by atoms with Crippen molar-refractivity contribution in [2.75, 3.05) is 0 Å². The number of para-hydroxylation sites is 1. The van der Waals surface area contributed by atoms with E-state index in [1.807, 2.05) is 48.5 Å². The third kappa shape index (κ3) is 4.65. The van der Waals surface area contributed by atoms with Gasteiger partial charge in [-0.05, 0) is 65.1 Å². The summed E-state index contributed by atoms with van der Waals surface area (Å²) in [5.74, 6) is 0.707. The first-order valence-electron chi connectivity index (χ1n) is 14.8. The van der Waals surface area contributed by atoms with Gasteiger partial charge in [0.2, 0.25) is 0 Å². The Hall–Kier alpha value is -5.80. The molecule has 6 aromatic carbocycles. The Bertz CT molecular complexity index is 2230. The predicted octanol–water partition coefficient (Wildman–Crippen LogP) is 11.0. The van der Waals surface area contributed by atoms with E-state index in [-0.39, 0.29) is 0 Å². The average Bonchev–Trinajstić information content (AvgIpc) is 3.47. The zero-order valence-electron chi connectivity index (χ0n) is 24.2. The molecule has 0 radical (unpaired) electrons. The number of aromatic nitrogens is 2. The zero-order valence-corrected chi connectivity index (χ0v) is 24.2. The second kappa shape index (κ2) is 10.8. The molecule has 0 aliphatic heterocycles. The summed E-state index contributed by atoms with van der Waals surface area (Å²) in [6.45, 7) is 2.20. The van der Waals surface area contributed by atoms with Gasteiger partial charge in [-0.15, -0.1) is 0 Å². The molecule has 8 rings (SSSR count). The summed E-state index contributed by atoms with van der Waals surface area (Å²) in [5.41, 5.74) is 12.6. The maximum absolute atomic E-state index is 6.08. The lowest BCUT2D eigenvalue weighted by atomic mass is 9.91. The summed E-state index contributed by atoms with van der Waals surface area (Å²) in [5, 5.41) is 2.27. The summed E-state index contributed by atoms with van der Waals surface area (Å²) in [4.78, 5) is 10.1. The van der Waals surface area contributed by atoms with Crippen molar-refractivity contribution in [1.29, 1.82) is 0 Å². The molecule has 0 spiro atoms. The third-order valence-corrected chi connectivity index (χ3v) is 8.32. The Morgan fingerprint density at radius 1 is 0.409 bits per heavy atom. The monoisotopic (exact) mass is 564 g/mol. The lowest BCUT2D eigenvalue weighted by Crippen LogP contribution is -1.96. The van der Waals surface area contributed by atoms with Crippen molar-refractivity contribution < 1.29 is 4.42 Å². The quantitative estimate of drug-likeness (QED) is 0.209. The summed E-state index contributed by atoms with van der Waals surface area (Å²) in [7, 11) is 0. The highest BCUT2D eigenvalue weighted by atomic mass is 16.3. The molecule has 8 aromatic rings. The van der Waals surface area contributed by atoms with Crippen LogP contribution < -0.4 is 0 Å². The Kier molecular flexibility index (Phi) is 6.35. The van der Waals surface area contributed by atoms with Crippen molar-refractivity contribution in [3.8, 4) is 56.2 Å². The number of hydrogen-bond acceptors (Lipinski definition) is 3. The van der Waals surface area contributed by atoms with E-state index in [4.69, 9.17) is 14.4 Å². The summed E-state index contributed by atoms with van der Waals surface area (Å²) >= 11 is 0. The molecule has 2 heterocycles. The van der Waals surface area contributed by atoms with Gasteiger partial charge in [-0.2, -0.15) is 0 Å². The van der Waals surface area contributed by atoms with Gasteiger partial charge in [0.05, 0.1) is 11.4 Å². The second-order valence-electron chi connectivity index (χ2n) is 11.1. The van der Waals surface area contributed by atoms with Crippen LogP contribution in [0, 0.1) is 6.92 Å². The first-order chi connectivity index (χ1) is 21.7. The highest BCUT2D eigenvalue weighted by molar-refractivity contribution is 6.06. The predicted molar refractivity (Wildman–Crippen MR) is 181 cm³/mol. The summed E-state index contributed by atoms with van der Waals surface area (Å²) in [6, 6.07) is 52.5. The van der Waals surface area contributed by atoms with Gasteiger partial charge >= 0.3 is 0 Å². The third-order valence-electron chi connectivity index (χ3n) is 8.32. The van der Waals surface area contributed by atoms with Crippen LogP contribution in [-0.4, -0.2) is 9.97 Å². The summed E-state index contributed by atoms with van der Waals surface area (Å²) < 4.78 is 6.08. The Labute approximate surface area is 256 Å². The van der Waals surface area contributed by atoms with Crippen LogP contribution in [0.4, 0.5) is 0 Å². The maximum Gasteiger partial charge on any atom is 0.160 e. The molecule has 3 nitrogen and oxygen atoms in total. The largest absolute Gasteiger partial charge is 0.456 e. The van der Waals surface area contributed by atoms with E-state index in [1.54, 1.807) is 0 Å². The molecule has 0 bridgehead atoms. The fourth-order valence-electron chi connectivity index (χ4n) is 6.07. The molecule has 0 saturated heterocycles. The molecular weight excluding hydrogens is 536 g/mol. The van der Waals surface area contributed by atoms with Crippen molar-refractivity contribution >= 4 is 21.9 Å². The molecule has 208 valence electrons. The van der Waals surface area contributed by atoms with Gasteiger partial charge in [-0.1, -0.05) is 121 Å². The highest BCUT2D eigenvalue weighted by Gasteiger charge is 2.14. The van der Waals surface area contributed by atoms with Crippen LogP contribution in [0.5, 0.6) is 0 Å². The van der Waals surface area contributed by atoms with Gasteiger partial charge in [0.15, 0.2) is 5.82 Å². The average molecular weight is 565 g/mol. The van der Waals surface area contributed by atoms with Gasteiger partial charge in [-0.3, -0.25) is 0 Å². The zero-order chi connectivity index (χ0) is 29.5. The van der Waals surface area contributed by atoms with Crippen LogP contribution in [-0.2, 0) is 0 Å². The fourth-order valence-corrected chi connectivity index (χ4v) is 6.07. The number of hydrogen-bond donors (Lipinski definition) is 0. The summed E-state index contributed by atoms with van der Waals surface area (Å²) in [6.07, 6.45) is 0. The number of fused-ring (bicyclic) bond motifs is 3. The Morgan fingerprint density at radius 2 is 0.955 bits per heavy atom. The van der Waals surface area contributed by atoms with E-state index in [0.29, 0.717) is 5.82 Å². The highest BCUT2D eigenvalue weighted by Crippen LogP contribution is 2.37. The molecule has 0 fully saturated rings. The molecule has 0 N–H and O–H groups in total. The molecule has 0 aliphatic carbocycles.